The highest BCUT2D eigenvalue weighted by molar-refractivity contribution is 6.30. The predicted octanol–water partition coefficient (Wildman–Crippen LogP) is 5.68. The van der Waals surface area contributed by atoms with Crippen molar-refractivity contribution in [2.24, 2.45) is 0 Å². The molecular formula is C26H24ClNO4. The predicted molar refractivity (Wildman–Crippen MR) is 127 cm³/mol. The summed E-state index contributed by atoms with van der Waals surface area (Å²) in [6, 6.07) is 22.3. The largest absolute Gasteiger partial charge is 0.489 e. The molecule has 6 heteroatoms. The molecule has 0 saturated carbocycles. The highest BCUT2D eigenvalue weighted by Crippen LogP contribution is 2.17. The molecule has 0 bridgehead atoms. The van der Waals surface area contributed by atoms with Gasteiger partial charge in [0.1, 0.15) is 12.4 Å². The van der Waals surface area contributed by atoms with E-state index < -0.39 is 5.97 Å². The molecule has 0 aromatic heterocycles. The van der Waals surface area contributed by atoms with Crippen molar-refractivity contribution in [3.63, 3.8) is 0 Å². The van der Waals surface area contributed by atoms with Crippen LogP contribution in [0.4, 0.5) is 5.69 Å². The lowest BCUT2D eigenvalue weighted by molar-refractivity contribution is -0.142. The number of aryl methyl sites for hydroxylation is 1. The van der Waals surface area contributed by atoms with E-state index in [1.807, 2.05) is 79.7 Å². The van der Waals surface area contributed by atoms with E-state index in [2.05, 4.69) is 5.32 Å². The van der Waals surface area contributed by atoms with Crippen molar-refractivity contribution in [3.8, 4) is 5.75 Å². The van der Waals surface area contributed by atoms with Crippen molar-refractivity contribution in [3.05, 3.63) is 101 Å². The Morgan fingerprint density at radius 1 is 0.969 bits per heavy atom. The van der Waals surface area contributed by atoms with Gasteiger partial charge in [-0.1, -0.05) is 61.0 Å². The van der Waals surface area contributed by atoms with Crippen LogP contribution in [0.3, 0.4) is 0 Å². The van der Waals surface area contributed by atoms with E-state index in [0.29, 0.717) is 17.4 Å². The molecule has 0 heterocycles. The monoisotopic (exact) mass is 449 g/mol. The lowest BCUT2D eigenvalue weighted by Gasteiger charge is -2.09. The zero-order chi connectivity index (χ0) is 22.8. The Labute approximate surface area is 192 Å². The van der Waals surface area contributed by atoms with Gasteiger partial charge in [-0.05, 0) is 59.5 Å². The highest BCUT2D eigenvalue weighted by Gasteiger charge is 2.08. The van der Waals surface area contributed by atoms with E-state index in [1.54, 1.807) is 6.08 Å². The van der Waals surface area contributed by atoms with Crippen LogP contribution in [-0.2, 0) is 27.4 Å². The number of carbonyl (C=O) groups is 2. The first-order valence-electron chi connectivity index (χ1n) is 10.2. The number of para-hydroxylation sites is 1. The summed E-state index contributed by atoms with van der Waals surface area (Å²) in [6.07, 6.45) is 3.70. The maximum Gasteiger partial charge on any atom is 0.331 e. The normalized spacial score (nSPS) is 10.7. The first kappa shape index (κ1) is 23.1. The number of esters is 1. The average molecular weight is 450 g/mol. The molecule has 5 nitrogen and oxygen atoms in total. The molecule has 0 atom stereocenters. The second-order valence-electron chi connectivity index (χ2n) is 6.98. The molecule has 164 valence electrons. The second kappa shape index (κ2) is 11.7. The Morgan fingerprint density at radius 3 is 2.41 bits per heavy atom. The van der Waals surface area contributed by atoms with Gasteiger partial charge in [0.15, 0.2) is 6.61 Å². The number of benzene rings is 3. The van der Waals surface area contributed by atoms with Crippen LogP contribution in [0.5, 0.6) is 5.75 Å². The van der Waals surface area contributed by atoms with Gasteiger partial charge >= 0.3 is 5.97 Å². The van der Waals surface area contributed by atoms with Gasteiger partial charge in [0, 0.05) is 16.8 Å². The minimum Gasteiger partial charge on any atom is -0.489 e. The van der Waals surface area contributed by atoms with Gasteiger partial charge in [-0.2, -0.15) is 0 Å². The first-order chi connectivity index (χ1) is 15.5. The van der Waals surface area contributed by atoms with Gasteiger partial charge in [0.25, 0.3) is 5.91 Å². The molecule has 0 aliphatic carbocycles. The molecular weight excluding hydrogens is 426 g/mol. The van der Waals surface area contributed by atoms with Gasteiger partial charge in [-0.15, -0.1) is 0 Å². The highest BCUT2D eigenvalue weighted by atomic mass is 35.5. The summed E-state index contributed by atoms with van der Waals surface area (Å²) in [5.41, 5.74) is 3.57. The molecule has 1 amide bonds. The van der Waals surface area contributed by atoms with Crippen molar-refractivity contribution in [2.75, 3.05) is 11.9 Å². The minimum absolute atomic E-state index is 0.349. The zero-order valence-electron chi connectivity index (χ0n) is 17.7. The topological polar surface area (TPSA) is 64.6 Å². The fourth-order valence-corrected chi connectivity index (χ4v) is 3.03. The smallest absolute Gasteiger partial charge is 0.331 e. The molecule has 0 saturated heterocycles. The van der Waals surface area contributed by atoms with Crippen LogP contribution in [0.15, 0.2) is 78.9 Å². The number of ether oxygens (including phenoxy) is 2. The van der Waals surface area contributed by atoms with Gasteiger partial charge in [-0.3, -0.25) is 4.79 Å². The molecule has 0 unspecified atom stereocenters. The summed E-state index contributed by atoms with van der Waals surface area (Å²) < 4.78 is 10.8. The van der Waals surface area contributed by atoms with Gasteiger partial charge in [-0.25, -0.2) is 4.79 Å². The SMILES string of the molecule is CCc1ccccc1NC(=O)COC(=O)C=Cc1ccc(OCc2ccc(Cl)cc2)cc1. The summed E-state index contributed by atoms with van der Waals surface area (Å²) in [5.74, 6) is -0.259. The molecule has 3 aromatic carbocycles. The molecule has 0 fully saturated rings. The number of anilines is 1. The lowest BCUT2D eigenvalue weighted by atomic mass is 10.1. The summed E-state index contributed by atoms with van der Waals surface area (Å²) in [6.45, 7) is 2.09. The van der Waals surface area contributed by atoms with Gasteiger partial charge in [0.2, 0.25) is 0 Å². The Balaban J connectivity index is 1.43. The molecule has 1 N–H and O–H groups in total. The number of halogens is 1. The maximum atomic E-state index is 12.0. The van der Waals surface area contributed by atoms with E-state index in [4.69, 9.17) is 21.1 Å². The van der Waals surface area contributed by atoms with Crippen LogP contribution in [-0.4, -0.2) is 18.5 Å². The third-order valence-corrected chi connectivity index (χ3v) is 4.88. The number of nitrogens with one attached hydrogen (secondary N) is 1. The number of amides is 1. The van der Waals surface area contributed by atoms with Crippen molar-refractivity contribution < 1.29 is 19.1 Å². The van der Waals surface area contributed by atoms with Crippen LogP contribution in [0.2, 0.25) is 5.02 Å². The van der Waals surface area contributed by atoms with E-state index in [-0.39, 0.29) is 12.5 Å². The first-order valence-corrected chi connectivity index (χ1v) is 10.6. The Bertz CT molecular complexity index is 1080. The number of carbonyl (C=O) groups excluding carboxylic acids is 2. The molecule has 32 heavy (non-hydrogen) atoms. The average Bonchev–Trinajstić information content (AvgIpc) is 2.82. The Hall–Kier alpha value is -3.57. The van der Waals surface area contributed by atoms with Crippen LogP contribution < -0.4 is 10.1 Å². The van der Waals surface area contributed by atoms with E-state index in [0.717, 1.165) is 28.8 Å². The van der Waals surface area contributed by atoms with Gasteiger partial charge in [0.05, 0.1) is 0 Å². The van der Waals surface area contributed by atoms with Crippen LogP contribution in [0, 0.1) is 0 Å². The molecule has 0 aliphatic heterocycles. The van der Waals surface area contributed by atoms with Crippen LogP contribution in [0.1, 0.15) is 23.6 Å². The third kappa shape index (κ3) is 7.29. The zero-order valence-corrected chi connectivity index (χ0v) is 18.5. The van der Waals surface area contributed by atoms with Crippen LogP contribution >= 0.6 is 11.6 Å². The number of rotatable bonds is 9. The fraction of sp³-hybridized carbons (Fsp3) is 0.154. The molecule has 3 aromatic rings. The molecule has 0 spiro atoms. The summed E-state index contributed by atoms with van der Waals surface area (Å²) in [5, 5.41) is 3.45. The van der Waals surface area contributed by atoms with E-state index in [1.165, 1.54) is 6.08 Å². The van der Waals surface area contributed by atoms with Crippen molar-refractivity contribution in [1.29, 1.82) is 0 Å². The molecule has 3 rings (SSSR count). The van der Waals surface area contributed by atoms with Gasteiger partial charge < -0.3 is 14.8 Å². The van der Waals surface area contributed by atoms with Crippen LogP contribution in [0.25, 0.3) is 6.08 Å². The Morgan fingerprint density at radius 2 is 1.69 bits per heavy atom. The summed E-state index contributed by atoms with van der Waals surface area (Å²) in [4.78, 5) is 24.0. The second-order valence-corrected chi connectivity index (χ2v) is 7.42. The van der Waals surface area contributed by atoms with E-state index in [9.17, 15) is 9.59 Å². The van der Waals surface area contributed by atoms with Crippen molar-refractivity contribution in [1.82, 2.24) is 0 Å². The Kier molecular flexibility index (Phi) is 8.46. The summed E-state index contributed by atoms with van der Waals surface area (Å²) >= 11 is 5.88. The minimum atomic E-state index is -0.591. The standard InChI is InChI=1S/C26H24ClNO4/c1-2-21-5-3-4-6-24(21)28-25(29)18-32-26(30)16-11-19-9-14-23(15-10-19)31-17-20-7-12-22(27)13-8-20/h3-16H,2,17-18H2,1H3,(H,28,29). The van der Waals surface area contributed by atoms with E-state index >= 15 is 0 Å². The third-order valence-electron chi connectivity index (χ3n) is 4.63. The molecule has 0 aliphatic rings. The van der Waals surface area contributed by atoms with Crippen molar-refractivity contribution in [2.45, 2.75) is 20.0 Å². The molecule has 0 radical (unpaired) electrons. The lowest BCUT2D eigenvalue weighted by Crippen LogP contribution is -2.20. The number of hydrogen-bond donors (Lipinski definition) is 1. The summed E-state index contributed by atoms with van der Waals surface area (Å²) in [7, 11) is 0. The fourth-order valence-electron chi connectivity index (χ4n) is 2.91. The number of hydrogen-bond acceptors (Lipinski definition) is 4. The van der Waals surface area contributed by atoms with Crippen molar-refractivity contribution >= 4 is 35.2 Å². The maximum absolute atomic E-state index is 12.0. The quantitative estimate of drug-likeness (QED) is 0.337.